The van der Waals surface area contributed by atoms with Crippen molar-refractivity contribution in [2.45, 2.75) is 12.3 Å². The topological polar surface area (TPSA) is 17.1 Å². The highest BCUT2D eigenvalue weighted by Gasteiger charge is 2.47. The maximum Gasteiger partial charge on any atom is 0.313 e. The van der Waals surface area contributed by atoms with Gasteiger partial charge in [-0.05, 0) is 17.7 Å². The molecule has 1 aromatic rings. The zero-order chi connectivity index (χ0) is 10.5. The predicted molar refractivity (Wildman–Crippen MR) is 47.1 cm³/mol. The Morgan fingerprint density at radius 2 is 2.00 bits per heavy atom. The molecule has 1 aliphatic rings. The minimum atomic E-state index is -3.39. The second-order valence-corrected chi connectivity index (χ2v) is 3.98. The van der Waals surface area contributed by atoms with Gasteiger partial charge in [-0.3, -0.25) is 4.79 Å². The van der Waals surface area contributed by atoms with Gasteiger partial charge >= 0.3 is 5.92 Å². The zero-order valence-electron chi connectivity index (χ0n) is 6.78. The molecule has 1 nitrogen and oxygen atoms in total. The fraction of sp³-hybridized carbons (Fsp3) is 0.222. The van der Waals surface area contributed by atoms with Gasteiger partial charge in [-0.2, -0.15) is 8.78 Å². The van der Waals surface area contributed by atoms with Gasteiger partial charge in [0.2, 0.25) is 5.78 Å². The SMILES string of the molecule is O=C1c2cc(F)cc(Br)c2CC1(F)F. The summed E-state index contributed by atoms with van der Waals surface area (Å²) in [4.78, 5) is 11.1. The third-order valence-electron chi connectivity index (χ3n) is 2.14. The van der Waals surface area contributed by atoms with E-state index in [4.69, 9.17) is 0 Å². The highest BCUT2D eigenvalue weighted by atomic mass is 79.9. The van der Waals surface area contributed by atoms with Crippen molar-refractivity contribution in [3.05, 3.63) is 33.5 Å². The normalized spacial score (nSPS) is 18.4. The van der Waals surface area contributed by atoms with Crippen LogP contribution in [-0.2, 0) is 6.42 Å². The Balaban J connectivity index is 2.65. The second-order valence-electron chi connectivity index (χ2n) is 3.12. The number of Topliss-reactive ketones (excluding diaryl/α,β-unsaturated/α-hetero) is 1. The van der Waals surface area contributed by atoms with Gasteiger partial charge < -0.3 is 0 Å². The lowest BCUT2D eigenvalue weighted by Gasteiger charge is -2.03. The molecule has 0 amide bonds. The monoisotopic (exact) mass is 264 g/mol. The minimum Gasteiger partial charge on any atom is -0.287 e. The number of benzene rings is 1. The second kappa shape index (κ2) is 2.82. The molecule has 0 N–H and O–H groups in total. The number of carbonyl (C=O) groups excluding carboxylic acids is 1. The molecule has 74 valence electrons. The van der Waals surface area contributed by atoms with E-state index >= 15 is 0 Å². The molecule has 0 heterocycles. The number of alkyl halides is 2. The summed E-state index contributed by atoms with van der Waals surface area (Å²) in [6, 6.07) is 1.93. The summed E-state index contributed by atoms with van der Waals surface area (Å²) in [5.41, 5.74) is -0.0386. The van der Waals surface area contributed by atoms with Gasteiger partial charge in [-0.25, -0.2) is 4.39 Å². The first-order valence-electron chi connectivity index (χ1n) is 3.82. The van der Waals surface area contributed by atoms with Crippen LogP contribution in [0.25, 0.3) is 0 Å². The molecule has 0 aromatic heterocycles. The van der Waals surface area contributed by atoms with Crippen molar-refractivity contribution in [2.24, 2.45) is 0 Å². The fourth-order valence-electron chi connectivity index (χ4n) is 1.49. The third kappa shape index (κ3) is 1.27. The van der Waals surface area contributed by atoms with Crippen molar-refractivity contribution >= 4 is 21.7 Å². The molecule has 0 bridgehead atoms. The molecule has 0 saturated carbocycles. The predicted octanol–water partition coefficient (Wildman–Crippen LogP) is 2.96. The zero-order valence-corrected chi connectivity index (χ0v) is 8.37. The molecule has 1 aliphatic carbocycles. The highest BCUT2D eigenvalue weighted by Crippen LogP contribution is 2.38. The van der Waals surface area contributed by atoms with Crippen LogP contribution < -0.4 is 0 Å². The van der Waals surface area contributed by atoms with E-state index in [0.29, 0.717) is 0 Å². The third-order valence-corrected chi connectivity index (χ3v) is 2.84. The van der Waals surface area contributed by atoms with Crippen LogP contribution in [0.1, 0.15) is 15.9 Å². The molecule has 0 unspecified atom stereocenters. The van der Waals surface area contributed by atoms with Gasteiger partial charge in [0, 0.05) is 16.5 Å². The summed E-state index contributed by atoms with van der Waals surface area (Å²) in [5, 5.41) is 0. The molecule has 0 atom stereocenters. The Morgan fingerprint density at radius 3 is 2.64 bits per heavy atom. The van der Waals surface area contributed by atoms with Crippen molar-refractivity contribution in [3.63, 3.8) is 0 Å². The van der Waals surface area contributed by atoms with Gasteiger partial charge in [0.25, 0.3) is 0 Å². The number of hydrogen-bond acceptors (Lipinski definition) is 1. The van der Waals surface area contributed by atoms with Crippen LogP contribution in [0.3, 0.4) is 0 Å². The largest absolute Gasteiger partial charge is 0.313 e. The van der Waals surface area contributed by atoms with E-state index in [1.54, 1.807) is 0 Å². The molecule has 1 aromatic carbocycles. The number of fused-ring (bicyclic) bond motifs is 1. The van der Waals surface area contributed by atoms with Crippen LogP contribution in [-0.4, -0.2) is 11.7 Å². The van der Waals surface area contributed by atoms with Crippen molar-refractivity contribution in [1.82, 2.24) is 0 Å². The van der Waals surface area contributed by atoms with E-state index in [2.05, 4.69) is 15.9 Å². The molecule has 14 heavy (non-hydrogen) atoms. The van der Waals surface area contributed by atoms with Crippen LogP contribution in [0.5, 0.6) is 0 Å². The van der Waals surface area contributed by atoms with Crippen LogP contribution in [0.2, 0.25) is 0 Å². The van der Waals surface area contributed by atoms with Gasteiger partial charge in [0.15, 0.2) is 0 Å². The summed E-state index contributed by atoms with van der Waals surface area (Å²) in [5.74, 6) is -5.38. The lowest BCUT2D eigenvalue weighted by Crippen LogP contribution is -2.23. The Kier molecular flexibility index (Phi) is 1.96. The van der Waals surface area contributed by atoms with Crippen molar-refractivity contribution in [1.29, 1.82) is 0 Å². The first-order chi connectivity index (χ1) is 6.42. The number of hydrogen-bond donors (Lipinski definition) is 0. The smallest absolute Gasteiger partial charge is 0.287 e. The fourth-order valence-corrected chi connectivity index (χ4v) is 2.06. The number of carbonyl (C=O) groups is 1. The van der Waals surface area contributed by atoms with Crippen LogP contribution in [0.4, 0.5) is 13.2 Å². The first kappa shape index (κ1) is 9.71. The number of rotatable bonds is 0. The molecule has 0 saturated heterocycles. The standard InChI is InChI=1S/C9H4BrF3O/c10-7-2-4(11)1-5-6(7)3-9(12,13)8(5)14/h1-2H,3H2. The summed E-state index contributed by atoms with van der Waals surface area (Å²) >= 11 is 2.95. The Morgan fingerprint density at radius 1 is 1.36 bits per heavy atom. The molecule has 0 radical (unpaired) electrons. The Hall–Kier alpha value is -0.840. The maximum absolute atomic E-state index is 12.9. The Bertz CT molecular complexity index is 428. The average molecular weight is 265 g/mol. The van der Waals surface area contributed by atoms with Crippen molar-refractivity contribution in [3.8, 4) is 0 Å². The van der Waals surface area contributed by atoms with Crippen LogP contribution >= 0.6 is 15.9 Å². The molecule has 5 heteroatoms. The Labute approximate surface area is 86.0 Å². The summed E-state index contributed by atoms with van der Waals surface area (Å²) in [6.45, 7) is 0. The molecular weight excluding hydrogens is 261 g/mol. The van der Waals surface area contributed by atoms with Crippen LogP contribution in [0.15, 0.2) is 16.6 Å². The van der Waals surface area contributed by atoms with E-state index in [-0.39, 0.29) is 15.6 Å². The lowest BCUT2D eigenvalue weighted by molar-refractivity contribution is 0.0167. The highest BCUT2D eigenvalue weighted by molar-refractivity contribution is 9.10. The van der Waals surface area contributed by atoms with E-state index in [1.165, 1.54) is 0 Å². The summed E-state index contributed by atoms with van der Waals surface area (Å²) in [6.07, 6.45) is -0.651. The van der Waals surface area contributed by atoms with Gasteiger partial charge in [0.1, 0.15) is 5.82 Å². The molecular formula is C9H4BrF3O. The molecule has 2 rings (SSSR count). The van der Waals surface area contributed by atoms with Gasteiger partial charge in [-0.15, -0.1) is 0 Å². The lowest BCUT2D eigenvalue weighted by atomic mass is 10.1. The van der Waals surface area contributed by atoms with E-state index < -0.39 is 23.9 Å². The molecule has 0 aliphatic heterocycles. The van der Waals surface area contributed by atoms with E-state index in [1.807, 2.05) is 0 Å². The van der Waals surface area contributed by atoms with Gasteiger partial charge in [0.05, 0.1) is 0 Å². The quantitative estimate of drug-likeness (QED) is 0.704. The first-order valence-corrected chi connectivity index (χ1v) is 4.61. The van der Waals surface area contributed by atoms with E-state index in [9.17, 15) is 18.0 Å². The minimum absolute atomic E-state index is 0.182. The molecule has 0 fully saturated rings. The number of halogens is 4. The summed E-state index contributed by atoms with van der Waals surface area (Å²) < 4.78 is 38.9. The van der Waals surface area contributed by atoms with Gasteiger partial charge in [-0.1, -0.05) is 15.9 Å². The number of ketones is 1. The van der Waals surface area contributed by atoms with Crippen molar-refractivity contribution in [2.75, 3.05) is 0 Å². The average Bonchev–Trinajstić information content (AvgIpc) is 2.28. The van der Waals surface area contributed by atoms with E-state index in [0.717, 1.165) is 12.1 Å². The van der Waals surface area contributed by atoms with Crippen LogP contribution in [0, 0.1) is 5.82 Å². The maximum atomic E-state index is 12.9. The van der Waals surface area contributed by atoms with Crippen molar-refractivity contribution < 1.29 is 18.0 Å². The summed E-state index contributed by atoms with van der Waals surface area (Å²) in [7, 11) is 0. The molecule has 0 spiro atoms.